The lowest BCUT2D eigenvalue weighted by atomic mass is 10.1. The van der Waals surface area contributed by atoms with Crippen molar-refractivity contribution < 1.29 is 19.0 Å². The number of carbonyl (C=O) groups excluding carboxylic acids is 1. The van der Waals surface area contributed by atoms with Gasteiger partial charge in [-0.3, -0.25) is 4.79 Å². The molecule has 2 aromatic carbocycles. The largest absolute Gasteiger partial charge is 0.493 e. The fourth-order valence-electron chi connectivity index (χ4n) is 2.91. The molecule has 0 aliphatic carbocycles. The molecular weight excluding hydrogens is 334 g/mol. The van der Waals surface area contributed by atoms with Crippen LogP contribution in [0.5, 0.6) is 11.5 Å². The van der Waals surface area contributed by atoms with E-state index in [0.717, 1.165) is 18.8 Å². The van der Waals surface area contributed by atoms with Gasteiger partial charge in [-0.25, -0.2) is 0 Å². The lowest BCUT2D eigenvalue weighted by Crippen LogP contribution is -2.36. The Morgan fingerprint density at radius 2 is 1.81 bits per heavy atom. The van der Waals surface area contributed by atoms with Gasteiger partial charge in [0.05, 0.1) is 38.8 Å². The molecule has 1 aliphatic heterocycles. The number of rotatable bonds is 5. The first-order valence-corrected chi connectivity index (χ1v) is 8.38. The van der Waals surface area contributed by atoms with Gasteiger partial charge in [0, 0.05) is 24.3 Å². The van der Waals surface area contributed by atoms with Gasteiger partial charge in [-0.2, -0.15) is 0 Å². The third-order valence-corrected chi connectivity index (χ3v) is 4.28. The summed E-state index contributed by atoms with van der Waals surface area (Å²) in [5.41, 5.74) is 8.87. The lowest BCUT2D eigenvalue weighted by Gasteiger charge is -2.30. The molecule has 1 saturated heterocycles. The van der Waals surface area contributed by atoms with Crippen LogP contribution in [-0.4, -0.2) is 46.4 Å². The maximum atomic E-state index is 12.5. The number of methoxy groups -OCH3 is 2. The van der Waals surface area contributed by atoms with Crippen LogP contribution < -0.4 is 25.4 Å². The van der Waals surface area contributed by atoms with E-state index < -0.39 is 0 Å². The van der Waals surface area contributed by atoms with E-state index in [4.69, 9.17) is 19.9 Å². The summed E-state index contributed by atoms with van der Waals surface area (Å²) in [6.07, 6.45) is 0. The van der Waals surface area contributed by atoms with Gasteiger partial charge in [0.2, 0.25) is 0 Å². The lowest BCUT2D eigenvalue weighted by molar-refractivity contribution is 0.102. The molecule has 138 valence electrons. The summed E-state index contributed by atoms with van der Waals surface area (Å²) >= 11 is 0. The number of benzene rings is 2. The van der Waals surface area contributed by atoms with Gasteiger partial charge in [0.15, 0.2) is 11.5 Å². The highest BCUT2D eigenvalue weighted by molar-refractivity contribution is 6.05. The van der Waals surface area contributed by atoms with Crippen LogP contribution in [-0.2, 0) is 4.74 Å². The number of hydrogen-bond acceptors (Lipinski definition) is 6. The Morgan fingerprint density at radius 3 is 2.46 bits per heavy atom. The highest BCUT2D eigenvalue weighted by atomic mass is 16.5. The standard InChI is InChI=1S/C19H23N3O4/c1-24-17-6-3-13(11-18(17)25-2)19(23)21-14-4-5-16(15(20)12-14)22-7-9-26-10-8-22/h3-6,11-12H,7-10,20H2,1-2H3,(H,21,23). The Balaban J connectivity index is 1.74. The van der Waals surface area contributed by atoms with E-state index >= 15 is 0 Å². The average Bonchev–Trinajstić information content (AvgIpc) is 2.68. The molecular formula is C19H23N3O4. The van der Waals surface area contributed by atoms with Crippen molar-refractivity contribution in [3.05, 3.63) is 42.0 Å². The Hall–Kier alpha value is -2.93. The number of anilines is 3. The Morgan fingerprint density at radius 1 is 1.08 bits per heavy atom. The molecule has 0 bridgehead atoms. The van der Waals surface area contributed by atoms with E-state index in [9.17, 15) is 4.79 Å². The van der Waals surface area contributed by atoms with Gasteiger partial charge in [-0.05, 0) is 36.4 Å². The van der Waals surface area contributed by atoms with Crippen molar-refractivity contribution in [1.82, 2.24) is 0 Å². The first-order chi connectivity index (χ1) is 12.6. The number of amides is 1. The molecule has 0 radical (unpaired) electrons. The number of morpholine rings is 1. The van der Waals surface area contributed by atoms with Gasteiger partial charge in [-0.1, -0.05) is 0 Å². The summed E-state index contributed by atoms with van der Waals surface area (Å²) in [6, 6.07) is 10.6. The van der Waals surface area contributed by atoms with Crippen molar-refractivity contribution in [2.45, 2.75) is 0 Å². The zero-order chi connectivity index (χ0) is 18.5. The van der Waals surface area contributed by atoms with E-state index in [1.165, 1.54) is 7.11 Å². The molecule has 0 spiro atoms. The van der Waals surface area contributed by atoms with E-state index in [0.29, 0.717) is 41.7 Å². The van der Waals surface area contributed by atoms with Gasteiger partial charge in [0.25, 0.3) is 5.91 Å². The molecule has 0 aromatic heterocycles. The second-order valence-electron chi connectivity index (χ2n) is 5.90. The summed E-state index contributed by atoms with van der Waals surface area (Å²) in [6.45, 7) is 3.00. The monoisotopic (exact) mass is 357 g/mol. The quantitative estimate of drug-likeness (QED) is 0.799. The number of hydrogen-bond donors (Lipinski definition) is 2. The predicted molar refractivity (Wildman–Crippen MR) is 101 cm³/mol. The first kappa shape index (κ1) is 17.9. The molecule has 3 N–H and O–H groups in total. The minimum atomic E-state index is -0.246. The minimum absolute atomic E-state index is 0.246. The van der Waals surface area contributed by atoms with Crippen molar-refractivity contribution in [2.24, 2.45) is 0 Å². The molecule has 0 atom stereocenters. The van der Waals surface area contributed by atoms with Crippen LogP contribution in [0.25, 0.3) is 0 Å². The van der Waals surface area contributed by atoms with Gasteiger partial charge >= 0.3 is 0 Å². The second-order valence-corrected chi connectivity index (χ2v) is 5.90. The summed E-state index contributed by atoms with van der Waals surface area (Å²) in [7, 11) is 3.08. The summed E-state index contributed by atoms with van der Waals surface area (Å²) in [4.78, 5) is 14.7. The Bertz CT molecular complexity index is 788. The molecule has 7 heteroatoms. The topological polar surface area (TPSA) is 86.0 Å². The molecule has 2 aromatic rings. The van der Waals surface area contributed by atoms with Crippen LogP contribution in [0.3, 0.4) is 0 Å². The van der Waals surface area contributed by atoms with E-state index in [1.54, 1.807) is 31.4 Å². The van der Waals surface area contributed by atoms with Crippen LogP contribution in [0.2, 0.25) is 0 Å². The van der Waals surface area contributed by atoms with Gasteiger partial charge < -0.3 is 30.2 Å². The average molecular weight is 357 g/mol. The van der Waals surface area contributed by atoms with Crippen molar-refractivity contribution in [1.29, 1.82) is 0 Å². The molecule has 3 rings (SSSR count). The molecule has 1 heterocycles. The molecule has 7 nitrogen and oxygen atoms in total. The highest BCUT2D eigenvalue weighted by Crippen LogP contribution is 2.29. The zero-order valence-electron chi connectivity index (χ0n) is 15.0. The van der Waals surface area contributed by atoms with Crippen molar-refractivity contribution >= 4 is 23.0 Å². The van der Waals surface area contributed by atoms with Gasteiger partial charge in [0.1, 0.15) is 0 Å². The first-order valence-electron chi connectivity index (χ1n) is 8.38. The van der Waals surface area contributed by atoms with Crippen molar-refractivity contribution in [3.8, 4) is 11.5 Å². The Labute approximate surface area is 152 Å². The smallest absolute Gasteiger partial charge is 0.255 e. The molecule has 1 amide bonds. The summed E-state index contributed by atoms with van der Waals surface area (Å²) < 4.78 is 15.8. The van der Waals surface area contributed by atoms with Crippen LogP contribution >= 0.6 is 0 Å². The van der Waals surface area contributed by atoms with Crippen molar-refractivity contribution in [2.75, 3.05) is 56.5 Å². The van der Waals surface area contributed by atoms with Gasteiger partial charge in [-0.15, -0.1) is 0 Å². The molecule has 26 heavy (non-hydrogen) atoms. The number of nitrogen functional groups attached to an aromatic ring is 1. The third-order valence-electron chi connectivity index (χ3n) is 4.28. The number of carbonyl (C=O) groups is 1. The van der Waals surface area contributed by atoms with E-state index in [2.05, 4.69) is 10.2 Å². The molecule has 0 unspecified atom stereocenters. The zero-order valence-corrected chi connectivity index (χ0v) is 15.0. The molecule has 1 aliphatic rings. The van der Waals surface area contributed by atoms with Crippen LogP contribution in [0.15, 0.2) is 36.4 Å². The fourth-order valence-corrected chi connectivity index (χ4v) is 2.91. The van der Waals surface area contributed by atoms with Crippen LogP contribution in [0.1, 0.15) is 10.4 Å². The summed E-state index contributed by atoms with van der Waals surface area (Å²) in [5.74, 6) is 0.829. The number of nitrogens with two attached hydrogens (primary N) is 1. The second kappa shape index (κ2) is 7.97. The fraction of sp³-hybridized carbons (Fsp3) is 0.316. The number of ether oxygens (including phenoxy) is 3. The number of nitrogens with one attached hydrogen (secondary N) is 1. The predicted octanol–water partition coefficient (Wildman–Crippen LogP) is 2.37. The van der Waals surface area contributed by atoms with Crippen molar-refractivity contribution in [3.63, 3.8) is 0 Å². The molecule has 1 fully saturated rings. The highest BCUT2D eigenvalue weighted by Gasteiger charge is 2.15. The van der Waals surface area contributed by atoms with Crippen LogP contribution in [0, 0.1) is 0 Å². The van der Waals surface area contributed by atoms with Crippen LogP contribution in [0.4, 0.5) is 17.1 Å². The maximum absolute atomic E-state index is 12.5. The maximum Gasteiger partial charge on any atom is 0.255 e. The van der Waals surface area contributed by atoms with E-state index in [-0.39, 0.29) is 5.91 Å². The normalized spacial score (nSPS) is 14.0. The SMILES string of the molecule is COc1ccc(C(=O)Nc2ccc(N3CCOCC3)c(N)c2)cc1OC. The van der Waals surface area contributed by atoms with E-state index in [1.807, 2.05) is 12.1 Å². The third kappa shape index (κ3) is 3.83. The minimum Gasteiger partial charge on any atom is -0.493 e. The summed E-state index contributed by atoms with van der Waals surface area (Å²) in [5, 5.41) is 2.86. The molecule has 0 saturated carbocycles. The Kier molecular flexibility index (Phi) is 5.48. The number of nitrogens with zero attached hydrogens (tertiary/aromatic N) is 1.